The number of hydrogen-bond acceptors (Lipinski definition) is 6. The molecule has 29 heavy (non-hydrogen) atoms. The van der Waals surface area contributed by atoms with E-state index in [0.29, 0.717) is 23.7 Å². The molecular formula is C22H22N4O3. The van der Waals surface area contributed by atoms with Crippen molar-refractivity contribution in [3.8, 4) is 0 Å². The monoisotopic (exact) mass is 390 g/mol. The van der Waals surface area contributed by atoms with Crippen LogP contribution in [0.4, 0.5) is 17.2 Å². The molecule has 2 aromatic carbocycles. The molecule has 0 unspecified atom stereocenters. The first kappa shape index (κ1) is 20.0. The molecule has 1 aromatic heterocycles. The second-order valence-corrected chi connectivity index (χ2v) is 6.45. The van der Waals surface area contributed by atoms with E-state index in [4.69, 9.17) is 4.74 Å². The van der Waals surface area contributed by atoms with E-state index in [2.05, 4.69) is 20.8 Å². The molecule has 0 radical (unpaired) electrons. The lowest BCUT2D eigenvalue weighted by atomic mass is 10.1. The Bertz CT molecular complexity index is 995. The van der Waals surface area contributed by atoms with Gasteiger partial charge in [-0.1, -0.05) is 18.2 Å². The largest absolute Gasteiger partial charge is 0.462 e. The topological polar surface area (TPSA) is 93.2 Å². The Morgan fingerprint density at radius 1 is 0.931 bits per heavy atom. The van der Waals surface area contributed by atoms with E-state index in [1.165, 1.54) is 0 Å². The lowest BCUT2D eigenvalue weighted by Gasteiger charge is -2.11. The Balaban J connectivity index is 1.65. The fraction of sp³-hybridized carbons (Fsp3) is 0.182. The molecule has 0 saturated heterocycles. The average molecular weight is 390 g/mol. The zero-order valence-corrected chi connectivity index (χ0v) is 16.5. The fourth-order valence-corrected chi connectivity index (χ4v) is 2.76. The van der Waals surface area contributed by atoms with Crippen molar-refractivity contribution in [1.82, 2.24) is 10.2 Å². The number of esters is 1. The summed E-state index contributed by atoms with van der Waals surface area (Å²) in [5, 5.41) is 14.1. The highest BCUT2D eigenvalue weighted by atomic mass is 16.5. The number of benzene rings is 2. The SMILES string of the molecule is CCOC(=O)c1ccc(NC(=O)c2ccc(Nc3c(C)cccc3C)nn2)cc1. The molecule has 3 aromatic rings. The normalized spacial score (nSPS) is 10.3. The molecule has 0 atom stereocenters. The molecule has 0 fully saturated rings. The summed E-state index contributed by atoms with van der Waals surface area (Å²) < 4.78 is 4.94. The Morgan fingerprint density at radius 2 is 1.62 bits per heavy atom. The second kappa shape index (κ2) is 8.97. The smallest absolute Gasteiger partial charge is 0.338 e. The van der Waals surface area contributed by atoms with E-state index in [-0.39, 0.29) is 11.6 Å². The molecule has 2 N–H and O–H groups in total. The number of aryl methyl sites for hydroxylation is 2. The number of ether oxygens (including phenoxy) is 1. The molecule has 7 heteroatoms. The maximum absolute atomic E-state index is 12.4. The van der Waals surface area contributed by atoms with Gasteiger partial charge in [-0.25, -0.2) is 4.79 Å². The van der Waals surface area contributed by atoms with E-state index in [1.54, 1.807) is 43.3 Å². The number of hydrogen-bond donors (Lipinski definition) is 2. The minimum atomic E-state index is -0.400. The van der Waals surface area contributed by atoms with Crippen LogP contribution in [0.2, 0.25) is 0 Å². The van der Waals surface area contributed by atoms with Crippen molar-refractivity contribution in [1.29, 1.82) is 0 Å². The second-order valence-electron chi connectivity index (χ2n) is 6.45. The summed E-state index contributed by atoms with van der Waals surface area (Å²) >= 11 is 0. The molecule has 7 nitrogen and oxygen atoms in total. The van der Waals surface area contributed by atoms with Crippen LogP contribution in [0.1, 0.15) is 38.9 Å². The zero-order chi connectivity index (χ0) is 20.8. The average Bonchev–Trinajstić information content (AvgIpc) is 2.72. The third-order valence-electron chi connectivity index (χ3n) is 4.29. The van der Waals surface area contributed by atoms with Crippen molar-refractivity contribution in [2.45, 2.75) is 20.8 Å². The molecule has 0 aliphatic carbocycles. The molecule has 3 rings (SSSR count). The highest BCUT2D eigenvalue weighted by molar-refractivity contribution is 6.03. The summed E-state index contributed by atoms with van der Waals surface area (Å²) in [6.45, 7) is 6.08. The minimum absolute atomic E-state index is 0.187. The van der Waals surface area contributed by atoms with Crippen LogP contribution in [0.25, 0.3) is 0 Å². The van der Waals surface area contributed by atoms with Crippen molar-refractivity contribution in [2.75, 3.05) is 17.2 Å². The maximum Gasteiger partial charge on any atom is 0.338 e. The van der Waals surface area contributed by atoms with Gasteiger partial charge in [0.25, 0.3) is 5.91 Å². The van der Waals surface area contributed by atoms with Gasteiger partial charge in [0.1, 0.15) is 0 Å². The number of nitrogens with zero attached hydrogens (tertiary/aromatic N) is 2. The number of amides is 1. The van der Waals surface area contributed by atoms with Crippen molar-refractivity contribution in [2.24, 2.45) is 0 Å². The first-order valence-corrected chi connectivity index (χ1v) is 9.23. The summed E-state index contributed by atoms with van der Waals surface area (Å²) in [5.41, 5.74) is 4.32. The Labute approximate surface area is 169 Å². The van der Waals surface area contributed by atoms with Gasteiger partial charge in [-0.2, -0.15) is 0 Å². The van der Waals surface area contributed by atoms with Crippen LogP contribution in [-0.4, -0.2) is 28.7 Å². The standard InChI is InChI=1S/C22H22N4O3/c1-4-29-22(28)16-8-10-17(11-9-16)23-21(27)18-12-13-19(26-25-18)24-20-14(2)6-5-7-15(20)3/h5-13H,4H2,1-3H3,(H,23,27)(H,24,26). The fourth-order valence-electron chi connectivity index (χ4n) is 2.76. The molecular weight excluding hydrogens is 368 g/mol. The quantitative estimate of drug-likeness (QED) is 0.611. The van der Waals surface area contributed by atoms with Crippen LogP contribution < -0.4 is 10.6 Å². The van der Waals surface area contributed by atoms with Gasteiger partial charge in [-0.05, 0) is 68.3 Å². The molecule has 1 amide bonds. The molecule has 0 saturated carbocycles. The predicted octanol–water partition coefficient (Wildman–Crippen LogP) is 4.27. The Kier molecular flexibility index (Phi) is 6.19. The maximum atomic E-state index is 12.4. The molecule has 148 valence electrons. The van der Waals surface area contributed by atoms with Gasteiger partial charge in [0, 0.05) is 11.4 Å². The van der Waals surface area contributed by atoms with E-state index in [1.807, 2.05) is 32.0 Å². The predicted molar refractivity (Wildman–Crippen MR) is 112 cm³/mol. The molecule has 0 aliphatic rings. The number of carbonyl (C=O) groups is 2. The van der Waals surface area contributed by atoms with Crippen LogP contribution in [0.5, 0.6) is 0 Å². The van der Waals surface area contributed by atoms with Gasteiger partial charge in [-0.3, -0.25) is 4.79 Å². The number of aromatic nitrogens is 2. The summed E-state index contributed by atoms with van der Waals surface area (Å²) in [4.78, 5) is 24.1. The Hall–Kier alpha value is -3.74. The van der Waals surface area contributed by atoms with Crippen molar-refractivity contribution < 1.29 is 14.3 Å². The molecule has 0 bridgehead atoms. The summed E-state index contributed by atoms with van der Waals surface area (Å²) in [6, 6.07) is 15.8. The van der Waals surface area contributed by atoms with Crippen molar-refractivity contribution in [3.05, 3.63) is 77.0 Å². The van der Waals surface area contributed by atoms with Crippen LogP contribution in [0.15, 0.2) is 54.6 Å². The molecule has 0 spiro atoms. The minimum Gasteiger partial charge on any atom is -0.462 e. The molecule has 0 aliphatic heterocycles. The van der Waals surface area contributed by atoms with E-state index in [0.717, 1.165) is 16.8 Å². The van der Waals surface area contributed by atoms with Gasteiger partial charge in [0.15, 0.2) is 11.5 Å². The number of carbonyl (C=O) groups excluding carboxylic acids is 2. The third-order valence-corrected chi connectivity index (χ3v) is 4.29. The summed E-state index contributed by atoms with van der Waals surface area (Å²) in [7, 11) is 0. The van der Waals surface area contributed by atoms with Crippen LogP contribution in [0, 0.1) is 13.8 Å². The van der Waals surface area contributed by atoms with Crippen LogP contribution in [0.3, 0.4) is 0 Å². The lowest BCUT2D eigenvalue weighted by Crippen LogP contribution is -2.15. The number of rotatable bonds is 6. The first-order chi connectivity index (χ1) is 14.0. The number of nitrogens with one attached hydrogen (secondary N) is 2. The van der Waals surface area contributed by atoms with Crippen molar-refractivity contribution >= 4 is 29.1 Å². The van der Waals surface area contributed by atoms with Gasteiger partial charge < -0.3 is 15.4 Å². The van der Waals surface area contributed by atoms with Crippen LogP contribution >= 0.6 is 0 Å². The van der Waals surface area contributed by atoms with Crippen molar-refractivity contribution in [3.63, 3.8) is 0 Å². The highest BCUT2D eigenvalue weighted by Gasteiger charge is 2.11. The summed E-state index contributed by atoms with van der Waals surface area (Å²) in [5.74, 6) is -0.235. The number of para-hydroxylation sites is 1. The van der Waals surface area contributed by atoms with E-state index >= 15 is 0 Å². The first-order valence-electron chi connectivity index (χ1n) is 9.23. The van der Waals surface area contributed by atoms with Gasteiger partial charge in [-0.15, -0.1) is 10.2 Å². The van der Waals surface area contributed by atoms with Gasteiger partial charge >= 0.3 is 5.97 Å². The number of anilines is 3. The van der Waals surface area contributed by atoms with E-state index < -0.39 is 5.97 Å². The van der Waals surface area contributed by atoms with E-state index in [9.17, 15) is 9.59 Å². The zero-order valence-electron chi connectivity index (χ0n) is 16.5. The molecule has 1 heterocycles. The highest BCUT2D eigenvalue weighted by Crippen LogP contribution is 2.23. The third kappa shape index (κ3) is 4.95. The van der Waals surface area contributed by atoms with Gasteiger partial charge in [0.2, 0.25) is 0 Å². The Morgan fingerprint density at radius 3 is 2.21 bits per heavy atom. The van der Waals surface area contributed by atoms with Crippen LogP contribution in [-0.2, 0) is 4.74 Å². The lowest BCUT2D eigenvalue weighted by molar-refractivity contribution is 0.0526. The van der Waals surface area contributed by atoms with Gasteiger partial charge in [0.05, 0.1) is 12.2 Å². The summed E-state index contributed by atoms with van der Waals surface area (Å²) in [6.07, 6.45) is 0.